The SMILES string of the molecule is CN1C(=O)c2c(nn(Cc3ccc(-c4cccc(F)n4)cc3)c2Oc2ccc(F)cc2)N2C1=NC1CCCC12. The number of hydrogen-bond donors (Lipinski definition) is 0. The van der Waals surface area contributed by atoms with Crippen LogP contribution in [0.2, 0.25) is 0 Å². The third kappa shape index (κ3) is 3.94. The Bertz CT molecular complexity index is 1620. The third-order valence-electron chi connectivity index (χ3n) is 7.53. The molecule has 3 aliphatic rings. The van der Waals surface area contributed by atoms with E-state index in [1.807, 2.05) is 24.3 Å². The van der Waals surface area contributed by atoms with Crippen LogP contribution >= 0.6 is 0 Å². The van der Waals surface area contributed by atoms with Crippen LogP contribution in [0, 0.1) is 11.8 Å². The standard InChI is InChI=1S/C29H24F2N6O2/c1-35-27(38)25-26(37-23-6-2-5-22(23)33-29(35)37)34-36(28(25)39-20-14-12-19(30)13-15-20)16-17-8-10-18(11-9-17)21-4-3-7-24(31)32-21/h3-4,7-15,22-23H,2,5-6,16H2,1H3. The molecule has 1 fully saturated rings. The molecule has 2 aromatic heterocycles. The number of fused-ring (bicyclic) bond motifs is 5. The quantitative estimate of drug-likeness (QED) is 0.332. The number of nitrogens with zero attached hydrogens (tertiary/aromatic N) is 6. The fraction of sp³-hybridized carbons (Fsp3) is 0.241. The summed E-state index contributed by atoms with van der Waals surface area (Å²) in [7, 11) is 1.72. The summed E-state index contributed by atoms with van der Waals surface area (Å²) in [5.41, 5.74) is 2.57. The minimum atomic E-state index is -0.537. The molecule has 10 heteroatoms. The summed E-state index contributed by atoms with van der Waals surface area (Å²) in [6.45, 7) is 0.311. The first-order valence-corrected chi connectivity index (χ1v) is 12.9. The van der Waals surface area contributed by atoms with E-state index in [-0.39, 0.29) is 29.7 Å². The van der Waals surface area contributed by atoms with Crippen LogP contribution in [0.3, 0.4) is 0 Å². The molecule has 0 radical (unpaired) electrons. The maximum absolute atomic E-state index is 13.6. The Morgan fingerprint density at radius 1 is 1.00 bits per heavy atom. The number of anilines is 1. The zero-order valence-electron chi connectivity index (χ0n) is 21.1. The van der Waals surface area contributed by atoms with E-state index >= 15 is 0 Å². The summed E-state index contributed by atoms with van der Waals surface area (Å²) in [6, 6.07) is 18.2. The van der Waals surface area contributed by atoms with Gasteiger partial charge in [0.05, 0.1) is 24.3 Å². The average molecular weight is 527 g/mol. The second-order valence-electron chi connectivity index (χ2n) is 9.99. The number of carbonyl (C=O) groups is 1. The minimum Gasteiger partial charge on any atom is -0.438 e. The summed E-state index contributed by atoms with van der Waals surface area (Å²) in [5.74, 6) is 0.650. The summed E-state index contributed by atoms with van der Waals surface area (Å²) in [4.78, 5) is 26.1. The summed E-state index contributed by atoms with van der Waals surface area (Å²) in [6.07, 6.45) is 3.02. The molecule has 0 saturated heterocycles. The molecular weight excluding hydrogens is 502 g/mol. The molecule has 1 aliphatic carbocycles. The summed E-state index contributed by atoms with van der Waals surface area (Å²) < 4.78 is 35.1. The van der Waals surface area contributed by atoms with Gasteiger partial charge in [0.1, 0.15) is 17.1 Å². The fourth-order valence-corrected chi connectivity index (χ4v) is 5.63. The normalized spacial score (nSPS) is 19.6. The Kier molecular flexibility index (Phi) is 5.43. The van der Waals surface area contributed by atoms with Gasteiger partial charge in [-0.15, -0.1) is 0 Å². The van der Waals surface area contributed by atoms with Crippen LogP contribution in [0.5, 0.6) is 11.6 Å². The van der Waals surface area contributed by atoms with Crippen molar-refractivity contribution in [3.8, 4) is 22.9 Å². The first kappa shape index (κ1) is 23.5. The third-order valence-corrected chi connectivity index (χ3v) is 7.53. The molecular formula is C29H24F2N6O2. The van der Waals surface area contributed by atoms with Gasteiger partial charge in [-0.3, -0.25) is 14.6 Å². The molecule has 0 bridgehead atoms. The number of rotatable bonds is 5. The lowest BCUT2D eigenvalue weighted by molar-refractivity contribution is 0.0862. The molecule has 1 saturated carbocycles. The van der Waals surface area contributed by atoms with Crippen LogP contribution in [0.15, 0.2) is 71.7 Å². The number of carbonyl (C=O) groups excluding carboxylic acids is 1. The van der Waals surface area contributed by atoms with Gasteiger partial charge in [-0.25, -0.2) is 19.0 Å². The van der Waals surface area contributed by atoms with Crippen LogP contribution in [-0.2, 0) is 6.54 Å². The van der Waals surface area contributed by atoms with Gasteiger partial charge in [-0.2, -0.15) is 9.49 Å². The maximum atomic E-state index is 13.6. The molecule has 2 aromatic carbocycles. The molecule has 0 N–H and O–H groups in total. The molecule has 39 heavy (non-hydrogen) atoms. The maximum Gasteiger partial charge on any atom is 0.269 e. The van der Waals surface area contributed by atoms with E-state index in [0.29, 0.717) is 35.3 Å². The van der Waals surface area contributed by atoms with Crippen LogP contribution in [-0.4, -0.2) is 50.7 Å². The smallest absolute Gasteiger partial charge is 0.269 e. The van der Waals surface area contributed by atoms with E-state index in [4.69, 9.17) is 14.8 Å². The lowest BCUT2D eigenvalue weighted by Crippen LogP contribution is -2.51. The Morgan fingerprint density at radius 2 is 1.79 bits per heavy atom. The van der Waals surface area contributed by atoms with Crippen molar-refractivity contribution in [2.45, 2.75) is 37.9 Å². The molecule has 4 aromatic rings. The molecule has 2 aliphatic heterocycles. The number of amides is 1. The average Bonchev–Trinajstić information content (AvgIpc) is 3.63. The van der Waals surface area contributed by atoms with Gasteiger partial charge >= 0.3 is 0 Å². The fourth-order valence-electron chi connectivity index (χ4n) is 5.63. The minimum absolute atomic E-state index is 0.136. The van der Waals surface area contributed by atoms with E-state index in [1.54, 1.807) is 28.8 Å². The molecule has 2 atom stereocenters. The van der Waals surface area contributed by atoms with Crippen molar-refractivity contribution in [1.82, 2.24) is 19.7 Å². The van der Waals surface area contributed by atoms with E-state index in [0.717, 1.165) is 30.4 Å². The van der Waals surface area contributed by atoms with E-state index in [1.165, 1.54) is 30.3 Å². The van der Waals surface area contributed by atoms with Gasteiger partial charge in [-0.05, 0) is 61.2 Å². The second kappa shape index (κ2) is 9.00. The van der Waals surface area contributed by atoms with Gasteiger partial charge in [0.2, 0.25) is 17.8 Å². The number of pyridine rings is 1. The molecule has 2 unspecified atom stereocenters. The molecule has 8 nitrogen and oxygen atoms in total. The highest BCUT2D eigenvalue weighted by Crippen LogP contribution is 2.44. The Balaban J connectivity index is 1.29. The summed E-state index contributed by atoms with van der Waals surface area (Å²) >= 11 is 0. The van der Waals surface area contributed by atoms with Crippen LogP contribution in [0.4, 0.5) is 14.6 Å². The molecule has 196 valence electrons. The van der Waals surface area contributed by atoms with E-state index in [9.17, 15) is 13.6 Å². The molecule has 7 rings (SSSR count). The highest BCUT2D eigenvalue weighted by atomic mass is 19.1. The largest absolute Gasteiger partial charge is 0.438 e. The predicted octanol–water partition coefficient (Wildman–Crippen LogP) is 5.25. The molecule has 1 amide bonds. The number of benzene rings is 2. The number of aromatic nitrogens is 3. The van der Waals surface area contributed by atoms with Crippen molar-refractivity contribution in [2.24, 2.45) is 4.99 Å². The van der Waals surface area contributed by atoms with E-state index < -0.39 is 5.95 Å². The van der Waals surface area contributed by atoms with Gasteiger partial charge in [0.25, 0.3) is 5.91 Å². The predicted molar refractivity (Wildman–Crippen MR) is 141 cm³/mol. The van der Waals surface area contributed by atoms with Crippen LogP contribution in [0.1, 0.15) is 35.2 Å². The number of halogens is 2. The topological polar surface area (TPSA) is 75.8 Å². The van der Waals surface area contributed by atoms with Gasteiger partial charge < -0.3 is 4.74 Å². The Morgan fingerprint density at radius 3 is 2.56 bits per heavy atom. The first-order valence-electron chi connectivity index (χ1n) is 12.9. The van der Waals surface area contributed by atoms with Crippen molar-refractivity contribution in [3.05, 3.63) is 89.6 Å². The molecule has 4 heterocycles. The number of aliphatic imine (C=N–C) groups is 1. The van der Waals surface area contributed by atoms with Crippen molar-refractivity contribution in [1.29, 1.82) is 0 Å². The highest BCUT2D eigenvalue weighted by molar-refractivity contribution is 6.20. The van der Waals surface area contributed by atoms with Crippen LogP contribution in [0.25, 0.3) is 11.3 Å². The number of guanidine groups is 1. The van der Waals surface area contributed by atoms with Crippen molar-refractivity contribution >= 4 is 17.7 Å². The molecule has 0 spiro atoms. The Hall–Kier alpha value is -4.60. The lowest BCUT2D eigenvalue weighted by Gasteiger charge is -2.33. The summed E-state index contributed by atoms with van der Waals surface area (Å²) in [5, 5.41) is 4.89. The highest BCUT2D eigenvalue weighted by Gasteiger charge is 2.49. The lowest BCUT2D eigenvalue weighted by atomic mass is 10.1. The number of hydrogen-bond acceptors (Lipinski definition) is 6. The zero-order valence-corrected chi connectivity index (χ0v) is 21.1. The first-order chi connectivity index (χ1) is 19.0. The zero-order chi connectivity index (χ0) is 26.7. The van der Waals surface area contributed by atoms with Gasteiger partial charge in [0.15, 0.2) is 5.82 Å². The van der Waals surface area contributed by atoms with Crippen molar-refractivity contribution in [2.75, 3.05) is 11.9 Å². The monoisotopic (exact) mass is 526 g/mol. The van der Waals surface area contributed by atoms with Crippen molar-refractivity contribution < 1.29 is 18.3 Å². The second-order valence-corrected chi connectivity index (χ2v) is 9.99. The van der Waals surface area contributed by atoms with E-state index in [2.05, 4.69) is 9.88 Å². The Labute approximate surface area is 223 Å². The van der Waals surface area contributed by atoms with Crippen LogP contribution < -0.4 is 9.64 Å². The van der Waals surface area contributed by atoms with Crippen molar-refractivity contribution in [3.63, 3.8) is 0 Å². The van der Waals surface area contributed by atoms with Gasteiger partial charge in [-0.1, -0.05) is 30.3 Å². The number of ether oxygens (including phenoxy) is 1. The van der Waals surface area contributed by atoms with Gasteiger partial charge in [0, 0.05) is 12.6 Å².